The molecule has 0 amide bonds. The summed E-state index contributed by atoms with van der Waals surface area (Å²) in [5.41, 5.74) is 8.46. The van der Waals surface area contributed by atoms with Crippen LogP contribution in [0, 0.1) is 5.92 Å². The number of aliphatic imine (C=N–C) groups is 1. The van der Waals surface area contributed by atoms with Crippen LogP contribution in [0.25, 0.3) is 0 Å². The summed E-state index contributed by atoms with van der Waals surface area (Å²) >= 11 is 0. The maximum Gasteiger partial charge on any atom is 0.188 e. The Morgan fingerprint density at radius 1 is 1.31 bits per heavy atom. The predicted octanol–water partition coefficient (Wildman–Crippen LogP) is 3.37. The molecular weight excluding hydrogens is 439 g/mol. The van der Waals surface area contributed by atoms with Gasteiger partial charge in [0, 0.05) is 32.8 Å². The monoisotopic (exact) mass is 474 g/mol. The molecular formula is C20H35IN4O. The standard InChI is InChI=1S/C20H34N4O.HI/c1-3-25-13-5-11-22-20(21)23-14-18-7-9-19(10-8-18)16-24-12-4-6-17(2)15-24;/h7-10,17H,3-6,11-16H2,1-2H3,(H3,21,22,23);1H. The normalized spacial score (nSPS) is 18.4. The van der Waals surface area contributed by atoms with Crippen molar-refractivity contribution in [2.24, 2.45) is 16.6 Å². The molecule has 3 N–H and O–H groups in total. The van der Waals surface area contributed by atoms with Crippen molar-refractivity contribution < 1.29 is 4.74 Å². The Morgan fingerprint density at radius 3 is 2.73 bits per heavy atom. The van der Waals surface area contributed by atoms with Gasteiger partial charge in [0.05, 0.1) is 6.54 Å². The summed E-state index contributed by atoms with van der Waals surface area (Å²) in [7, 11) is 0. The van der Waals surface area contributed by atoms with Crippen molar-refractivity contribution in [1.82, 2.24) is 10.2 Å². The molecule has 1 fully saturated rings. The van der Waals surface area contributed by atoms with Crippen LogP contribution < -0.4 is 11.1 Å². The van der Waals surface area contributed by atoms with Gasteiger partial charge in [-0.15, -0.1) is 24.0 Å². The van der Waals surface area contributed by atoms with Crippen LogP contribution in [0.3, 0.4) is 0 Å². The number of hydrogen-bond acceptors (Lipinski definition) is 3. The van der Waals surface area contributed by atoms with Gasteiger partial charge in [-0.1, -0.05) is 31.2 Å². The zero-order chi connectivity index (χ0) is 17.9. The van der Waals surface area contributed by atoms with Gasteiger partial charge in [-0.25, -0.2) is 4.99 Å². The predicted molar refractivity (Wildman–Crippen MR) is 120 cm³/mol. The first-order chi connectivity index (χ1) is 12.2. The Balaban J connectivity index is 0.00000338. The Hall–Kier alpha value is -0.860. The molecule has 2 rings (SSSR count). The number of ether oxygens (including phenoxy) is 1. The van der Waals surface area contributed by atoms with Gasteiger partial charge in [0.2, 0.25) is 0 Å². The first-order valence-electron chi connectivity index (χ1n) is 9.59. The molecule has 1 unspecified atom stereocenters. The molecule has 1 aliphatic rings. The smallest absolute Gasteiger partial charge is 0.188 e. The molecule has 1 saturated heterocycles. The second-order valence-corrected chi connectivity index (χ2v) is 6.98. The van der Waals surface area contributed by atoms with Gasteiger partial charge in [0.1, 0.15) is 0 Å². The Bertz CT molecular complexity index is 521. The van der Waals surface area contributed by atoms with Gasteiger partial charge in [-0.2, -0.15) is 0 Å². The summed E-state index contributed by atoms with van der Waals surface area (Å²) in [5, 5.41) is 3.12. The highest BCUT2D eigenvalue weighted by molar-refractivity contribution is 14.0. The number of benzene rings is 1. The average Bonchev–Trinajstić information content (AvgIpc) is 2.61. The fourth-order valence-corrected chi connectivity index (χ4v) is 3.21. The van der Waals surface area contributed by atoms with Crippen LogP contribution >= 0.6 is 24.0 Å². The van der Waals surface area contributed by atoms with Crippen LogP contribution in [0.4, 0.5) is 0 Å². The molecule has 6 heteroatoms. The number of nitrogens with zero attached hydrogens (tertiary/aromatic N) is 2. The molecule has 5 nitrogen and oxygen atoms in total. The fraction of sp³-hybridized carbons (Fsp3) is 0.650. The second kappa shape index (κ2) is 13.3. The lowest BCUT2D eigenvalue weighted by Crippen LogP contribution is -2.33. The van der Waals surface area contributed by atoms with Crippen LogP contribution in [-0.2, 0) is 17.8 Å². The van der Waals surface area contributed by atoms with Gasteiger partial charge >= 0.3 is 0 Å². The van der Waals surface area contributed by atoms with Crippen molar-refractivity contribution in [3.63, 3.8) is 0 Å². The van der Waals surface area contributed by atoms with Gasteiger partial charge < -0.3 is 15.8 Å². The Morgan fingerprint density at radius 2 is 2.04 bits per heavy atom. The van der Waals surface area contributed by atoms with E-state index in [0.717, 1.165) is 38.6 Å². The van der Waals surface area contributed by atoms with E-state index in [1.807, 2.05) is 6.92 Å². The zero-order valence-electron chi connectivity index (χ0n) is 16.2. The van der Waals surface area contributed by atoms with Crippen LogP contribution in [-0.4, -0.2) is 43.7 Å². The molecule has 26 heavy (non-hydrogen) atoms. The van der Waals surface area contributed by atoms with Crippen LogP contribution in [0.5, 0.6) is 0 Å². The van der Waals surface area contributed by atoms with Crippen LogP contribution in [0.15, 0.2) is 29.3 Å². The minimum atomic E-state index is 0. The first-order valence-corrected chi connectivity index (χ1v) is 9.59. The molecule has 0 saturated carbocycles. The van der Waals surface area contributed by atoms with Crippen molar-refractivity contribution in [2.75, 3.05) is 32.8 Å². The topological polar surface area (TPSA) is 62.9 Å². The lowest BCUT2D eigenvalue weighted by molar-refractivity contribution is 0.145. The maximum atomic E-state index is 5.89. The number of guanidine groups is 1. The summed E-state index contributed by atoms with van der Waals surface area (Å²) in [6.07, 6.45) is 3.63. The van der Waals surface area contributed by atoms with E-state index in [9.17, 15) is 0 Å². The zero-order valence-corrected chi connectivity index (χ0v) is 18.6. The third-order valence-corrected chi connectivity index (χ3v) is 4.58. The molecule has 0 spiro atoms. The Labute approximate surface area is 175 Å². The lowest BCUT2D eigenvalue weighted by atomic mass is 9.99. The molecule has 1 aromatic carbocycles. The molecule has 1 heterocycles. The third-order valence-electron chi connectivity index (χ3n) is 4.58. The van der Waals surface area contributed by atoms with E-state index >= 15 is 0 Å². The van der Waals surface area contributed by atoms with Gasteiger partial charge in [0.15, 0.2) is 5.96 Å². The second-order valence-electron chi connectivity index (χ2n) is 6.98. The number of halogens is 1. The van der Waals surface area contributed by atoms with Crippen molar-refractivity contribution in [3.8, 4) is 0 Å². The number of nitrogens with one attached hydrogen (secondary N) is 1. The molecule has 0 radical (unpaired) electrons. The van der Waals surface area contributed by atoms with Crippen molar-refractivity contribution in [3.05, 3.63) is 35.4 Å². The molecule has 0 aliphatic carbocycles. The summed E-state index contributed by atoms with van der Waals surface area (Å²) in [5.74, 6) is 1.33. The highest BCUT2D eigenvalue weighted by Gasteiger charge is 2.15. The minimum absolute atomic E-state index is 0. The lowest BCUT2D eigenvalue weighted by Gasteiger charge is -2.30. The molecule has 1 aromatic rings. The largest absolute Gasteiger partial charge is 0.382 e. The van der Waals surface area contributed by atoms with E-state index < -0.39 is 0 Å². The van der Waals surface area contributed by atoms with Crippen molar-refractivity contribution >= 4 is 29.9 Å². The van der Waals surface area contributed by atoms with E-state index in [0.29, 0.717) is 12.5 Å². The maximum absolute atomic E-state index is 5.89. The molecule has 0 aromatic heterocycles. The average molecular weight is 474 g/mol. The van der Waals surface area contributed by atoms with E-state index in [-0.39, 0.29) is 24.0 Å². The summed E-state index contributed by atoms with van der Waals surface area (Å²) in [6.45, 7) is 10.8. The molecule has 1 atom stereocenters. The highest BCUT2D eigenvalue weighted by atomic mass is 127. The number of rotatable bonds is 9. The van der Waals surface area contributed by atoms with Gasteiger partial charge in [0.25, 0.3) is 0 Å². The van der Waals surface area contributed by atoms with Crippen molar-refractivity contribution in [2.45, 2.75) is 46.2 Å². The SMILES string of the molecule is CCOCCCNC(N)=NCc1ccc(CN2CCCC(C)C2)cc1.I. The number of likely N-dealkylation sites (tertiary alicyclic amines) is 1. The first kappa shape index (κ1) is 23.2. The number of nitrogens with two attached hydrogens (primary N) is 1. The van der Waals surface area contributed by atoms with Gasteiger partial charge in [-0.05, 0) is 49.8 Å². The minimum Gasteiger partial charge on any atom is -0.382 e. The number of hydrogen-bond donors (Lipinski definition) is 2. The highest BCUT2D eigenvalue weighted by Crippen LogP contribution is 2.18. The third kappa shape index (κ3) is 9.19. The molecule has 1 aliphatic heterocycles. The molecule has 0 bridgehead atoms. The summed E-state index contributed by atoms with van der Waals surface area (Å²) in [6, 6.07) is 8.76. The van der Waals surface area contributed by atoms with Crippen molar-refractivity contribution in [1.29, 1.82) is 0 Å². The summed E-state index contributed by atoms with van der Waals surface area (Å²) in [4.78, 5) is 6.96. The van der Waals surface area contributed by atoms with Gasteiger partial charge in [-0.3, -0.25) is 4.90 Å². The van der Waals surface area contributed by atoms with Crippen LogP contribution in [0.1, 0.15) is 44.2 Å². The molecule has 148 valence electrons. The quantitative estimate of drug-likeness (QED) is 0.249. The number of piperidine rings is 1. The summed E-state index contributed by atoms with van der Waals surface area (Å²) < 4.78 is 5.29. The Kier molecular flexibility index (Phi) is 11.9. The van der Waals surface area contributed by atoms with E-state index in [1.54, 1.807) is 0 Å². The van der Waals surface area contributed by atoms with E-state index in [1.165, 1.54) is 37.1 Å². The fourth-order valence-electron chi connectivity index (χ4n) is 3.21. The van der Waals surface area contributed by atoms with E-state index in [2.05, 4.69) is 46.4 Å². The van der Waals surface area contributed by atoms with Crippen LogP contribution in [0.2, 0.25) is 0 Å². The van der Waals surface area contributed by atoms with E-state index in [4.69, 9.17) is 10.5 Å².